The van der Waals surface area contributed by atoms with Gasteiger partial charge in [0.05, 0.1) is 5.54 Å². The van der Waals surface area contributed by atoms with Crippen LogP contribution in [0.2, 0.25) is 0 Å². The van der Waals surface area contributed by atoms with Gasteiger partial charge in [-0.25, -0.2) is 0 Å². The molecule has 2 aliphatic rings. The van der Waals surface area contributed by atoms with Gasteiger partial charge in [0.15, 0.2) is 5.82 Å². The molecule has 2 aromatic rings. The van der Waals surface area contributed by atoms with Crippen molar-refractivity contribution in [2.75, 3.05) is 5.32 Å². The molecular weight excluding hydrogens is 278 g/mol. The molecule has 0 atom stereocenters. The van der Waals surface area contributed by atoms with Gasteiger partial charge < -0.3 is 15.6 Å². The van der Waals surface area contributed by atoms with Gasteiger partial charge in [-0.15, -0.1) is 10.2 Å². The Morgan fingerprint density at radius 2 is 1.95 bits per heavy atom. The fourth-order valence-corrected chi connectivity index (χ4v) is 2.84. The molecule has 0 bridgehead atoms. The van der Waals surface area contributed by atoms with Crippen molar-refractivity contribution in [3.63, 3.8) is 0 Å². The molecule has 4 rings (SSSR count). The van der Waals surface area contributed by atoms with Crippen molar-refractivity contribution in [1.29, 1.82) is 0 Å². The van der Waals surface area contributed by atoms with E-state index in [1.54, 1.807) is 0 Å². The van der Waals surface area contributed by atoms with Crippen LogP contribution in [0, 0.1) is 0 Å². The van der Waals surface area contributed by atoms with Crippen LogP contribution in [0.5, 0.6) is 0 Å². The van der Waals surface area contributed by atoms with Gasteiger partial charge in [-0.1, -0.05) is 0 Å². The van der Waals surface area contributed by atoms with Gasteiger partial charge in [0.25, 0.3) is 0 Å². The minimum Gasteiger partial charge on any atom is -0.324 e. The van der Waals surface area contributed by atoms with Crippen LogP contribution in [0.1, 0.15) is 31.5 Å². The van der Waals surface area contributed by atoms with E-state index in [0.29, 0.717) is 0 Å². The van der Waals surface area contributed by atoms with Gasteiger partial charge in [-0.3, -0.25) is 4.79 Å². The van der Waals surface area contributed by atoms with Gasteiger partial charge >= 0.3 is 0 Å². The van der Waals surface area contributed by atoms with Crippen LogP contribution in [0.15, 0.2) is 24.3 Å². The number of rotatable bonds is 3. The number of aryl methyl sites for hydroxylation is 1. The molecule has 1 aromatic heterocycles. The number of aromatic nitrogens is 3. The first-order valence-corrected chi connectivity index (χ1v) is 7.79. The Balaban J connectivity index is 1.54. The van der Waals surface area contributed by atoms with Crippen LogP contribution in [0.25, 0.3) is 11.4 Å². The molecule has 1 saturated carbocycles. The van der Waals surface area contributed by atoms with E-state index < -0.39 is 5.54 Å². The third kappa shape index (κ3) is 2.29. The first kappa shape index (κ1) is 13.5. The minimum atomic E-state index is -0.648. The zero-order valence-electron chi connectivity index (χ0n) is 12.4. The highest BCUT2D eigenvalue weighted by atomic mass is 16.2. The summed E-state index contributed by atoms with van der Waals surface area (Å²) in [7, 11) is 0. The van der Waals surface area contributed by atoms with Crippen molar-refractivity contribution < 1.29 is 4.79 Å². The topological polar surface area (TPSA) is 85.8 Å². The van der Waals surface area contributed by atoms with Gasteiger partial charge in [0.1, 0.15) is 5.82 Å². The molecule has 0 radical (unpaired) electrons. The number of hydrogen-bond acceptors (Lipinski definition) is 4. The number of nitrogens with zero attached hydrogens (tertiary/aromatic N) is 3. The summed E-state index contributed by atoms with van der Waals surface area (Å²) >= 11 is 0. The summed E-state index contributed by atoms with van der Waals surface area (Å²) in [5.74, 6) is 1.88. The van der Waals surface area contributed by atoms with Crippen LogP contribution in [0.3, 0.4) is 0 Å². The molecule has 114 valence electrons. The summed E-state index contributed by atoms with van der Waals surface area (Å²) < 4.78 is 2.19. The van der Waals surface area contributed by atoms with Gasteiger partial charge in [-0.2, -0.15) is 0 Å². The Morgan fingerprint density at radius 1 is 1.18 bits per heavy atom. The van der Waals surface area contributed by atoms with E-state index >= 15 is 0 Å². The fourth-order valence-electron chi connectivity index (χ4n) is 2.84. The zero-order valence-corrected chi connectivity index (χ0v) is 12.4. The molecule has 0 spiro atoms. The molecular formula is C16H19N5O. The van der Waals surface area contributed by atoms with Gasteiger partial charge in [0, 0.05) is 24.2 Å². The number of carbonyl (C=O) groups excluding carboxylic acids is 1. The number of hydrogen-bond donors (Lipinski definition) is 2. The molecule has 22 heavy (non-hydrogen) atoms. The Labute approximate surface area is 128 Å². The summed E-state index contributed by atoms with van der Waals surface area (Å²) in [5, 5.41) is 11.5. The highest BCUT2D eigenvalue weighted by Crippen LogP contribution is 2.33. The van der Waals surface area contributed by atoms with E-state index in [4.69, 9.17) is 5.73 Å². The number of amides is 1. The summed E-state index contributed by atoms with van der Waals surface area (Å²) in [4.78, 5) is 11.9. The lowest BCUT2D eigenvalue weighted by Gasteiger charge is -2.15. The molecule has 1 aliphatic carbocycles. The maximum Gasteiger partial charge on any atom is 0.244 e. The largest absolute Gasteiger partial charge is 0.324 e. The summed E-state index contributed by atoms with van der Waals surface area (Å²) in [6, 6.07) is 7.72. The van der Waals surface area contributed by atoms with E-state index in [0.717, 1.165) is 48.7 Å². The van der Waals surface area contributed by atoms with E-state index in [-0.39, 0.29) is 5.91 Å². The van der Waals surface area contributed by atoms with Crippen LogP contribution >= 0.6 is 0 Å². The van der Waals surface area contributed by atoms with Crippen LogP contribution in [-0.4, -0.2) is 26.2 Å². The second kappa shape index (κ2) is 4.91. The van der Waals surface area contributed by atoms with Crippen LogP contribution in [0.4, 0.5) is 5.69 Å². The lowest BCUT2D eigenvalue weighted by molar-refractivity contribution is -0.118. The number of nitrogens with two attached hydrogens (primary N) is 1. The molecule has 0 unspecified atom stereocenters. The lowest BCUT2D eigenvalue weighted by Crippen LogP contribution is -2.37. The van der Waals surface area contributed by atoms with Crippen molar-refractivity contribution in [2.24, 2.45) is 5.73 Å². The van der Waals surface area contributed by atoms with E-state index in [1.807, 2.05) is 24.3 Å². The average Bonchev–Trinajstić information content (AvgIpc) is 3.15. The fraction of sp³-hybridized carbons (Fsp3) is 0.438. The first-order valence-electron chi connectivity index (χ1n) is 7.79. The molecule has 2 heterocycles. The third-order valence-corrected chi connectivity index (χ3v) is 4.50. The maximum absolute atomic E-state index is 11.9. The number of nitrogens with one attached hydrogen (secondary N) is 1. The summed E-state index contributed by atoms with van der Waals surface area (Å²) in [6.07, 6.45) is 4.89. The van der Waals surface area contributed by atoms with Crippen molar-refractivity contribution in [2.45, 2.75) is 44.2 Å². The van der Waals surface area contributed by atoms with Gasteiger partial charge in [-0.05, 0) is 49.9 Å². The highest BCUT2D eigenvalue weighted by Gasteiger charge is 2.45. The number of benzene rings is 1. The maximum atomic E-state index is 11.9. The second-order valence-corrected chi connectivity index (χ2v) is 6.24. The smallest absolute Gasteiger partial charge is 0.244 e. The summed E-state index contributed by atoms with van der Waals surface area (Å²) in [6.45, 7) is 0.978. The van der Waals surface area contributed by atoms with Crippen molar-refractivity contribution >= 4 is 11.6 Å². The Hall–Kier alpha value is -2.21. The molecule has 1 aliphatic heterocycles. The SMILES string of the molecule is NC1(C(=O)Nc2ccc(-c3nnc4n3CCCC4)cc2)CC1. The third-order valence-electron chi connectivity index (χ3n) is 4.50. The lowest BCUT2D eigenvalue weighted by atomic mass is 10.1. The quantitative estimate of drug-likeness (QED) is 0.903. The second-order valence-electron chi connectivity index (χ2n) is 6.24. The number of fused-ring (bicyclic) bond motifs is 1. The van der Waals surface area contributed by atoms with E-state index in [2.05, 4.69) is 20.1 Å². The molecule has 1 aromatic carbocycles. The van der Waals surface area contributed by atoms with E-state index in [9.17, 15) is 4.79 Å². The molecule has 6 nitrogen and oxygen atoms in total. The first-order chi connectivity index (χ1) is 10.7. The zero-order chi connectivity index (χ0) is 15.2. The predicted molar refractivity (Wildman–Crippen MR) is 83.2 cm³/mol. The summed E-state index contributed by atoms with van der Waals surface area (Å²) in [5.41, 5.74) is 7.03. The predicted octanol–water partition coefficient (Wildman–Crippen LogP) is 1.71. The Kier molecular flexibility index (Phi) is 3.00. The van der Waals surface area contributed by atoms with Crippen molar-refractivity contribution in [3.05, 3.63) is 30.1 Å². The normalized spacial score (nSPS) is 18.6. The minimum absolute atomic E-state index is 0.0971. The Bertz CT molecular complexity index is 715. The molecule has 1 amide bonds. The molecule has 6 heteroatoms. The monoisotopic (exact) mass is 297 g/mol. The average molecular weight is 297 g/mol. The molecule has 1 fully saturated rings. The Morgan fingerprint density at radius 3 is 2.68 bits per heavy atom. The molecule has 3 N–H and O–H groups in total. The highest BCUT2D eigenvalue weighted by molar-refractivity contribution is 6.00. The molecule has 0 saturated heterocycles. The number of carbonyl (C=O) groups is 1. The van der Waals surface area contributed by atoms with Crippen molar-refractivity contribution in [1.82, 2.24) is 14.8 Å². The van der Waals surface area contributed by atoms with Crippen molar-refractivity contribution in [3.8, 4) is 11.4 Å². The number of anilines is 1. The van der Waals surface area contributed by atoms with Gasteiger partial charge in [0.2, 0.25) is 5.91 Å². The van der Waals surface area contributed by atoms with Crippen LogP contribution < -0.4 is 11.1 Å². The van der Waals surface area contributed by atoms with Crippen LogP contribution in [-0.2, 0) is 17.8 Å². The standard InChI is InChI=1S/C16H19N5O/c17-16(8-9-16)15(22)18-12-6-4-11(5-7-12)14-20-19-13-3-1-2-10-21(13)14/h4-7H,1-3,8-10,17H2,(H,18,22). The van der Waals surface area contributed by atoms with E-state index in [1.165, 1.54) is 12.8 Å².